The van der Waals surface area contributed by atoms with Gasteiger partial charge in [0.25, 0.3) is 5.91 Å². The van der Waals surface area contributed by atoms with E-state index in [1.165, 1.54) is 0 Å². The molecule has 4 aromatic rings. The molecule has 3 N–H and O–H groups in total. The molecule has 0 radical (unpaired) electrons. The largest absolute Gasteiger partial charge is 0.504 e. The van der Waals surface area contributed by atoms with E-state index in [0.717, 1.165) is 5.39 Å². The van der Waals surface area contributed by atoms with Gasteiger partial charge in [-0.05, 0) is 26.0 Å². The van der Waals surface area contributed by atoms with Crippen LogP contribution in [0.4, 0.5) is 0 Å². The summed E-state index contributed by atoms with van der Waals surface area (Å²) in [7, 11) is 1.77. The van der Waals surface area contributed by atoms with Crippen LogP contribution in [0.5, 0.6) is 5.75 Å². The minimum atomic E-state index is -0.643. The van der Waals surface area contributed by atoms with Gasteiger partial charge in [-0.3, -0.25) is 14.2 Å². The third-order valence-electron chi connectivity index (χ3n) is 4.50. The van der Waals surface area contributed by atoms with Crippen LogP contribution in [-0.2, 0) is 13.6 Å². The van der Waals surface area contributed by atoms with E-state index in [2.05, 4.69) is 25.1 Å². The summed E-state index contributed by atoms with van der Waals surface area (Å²) in [5.74, 6) is -0.305. The van der Waals surface area contributed by atoms with Crippen LogP contribution in [0.25, 0.3) is 33.8 Å². The number of amides is 1. The van der Waals surface area contributed by atoms with E-state index in [-0.39, 0.29) is 11.4 Å². The number of carbonyl (C=O) groups excluding carboxylic acids is 1. The lowest BCUT2D eigenvalue weighted by molar-refractivity contribution is 0.0996. The summed E-state index contributed by atoms with van der Waals surface area (Å²) < 4.78 is 3.27. The Hall–Kier alpha value is -3.82. The number of carbonyl (C=O) groups is 1. The summed E-state index contributed by atoms with van der Waals surface area (Å²) in [6.07, 6.45) is 3.22. The van der Waals surface area contributed by atoms with E-state index in [1.54, 1.807) is 47.9 Å². The minimum absolute atomic E-state index is 0.0318. The number of fused-ring (bicyclic) bond motifs is 1. The fourth-order valence-electron chi connectivity index (χ4n) is 3.09. The molecule has 4 aromatic heterocycles. The Labute approximate surface area is 159 Å². The molecule has 0 atom stereocenters. The molecule has 0 aromatic carbocycles. The van der Waals surface area contributed by atoms with Crippen molar-refractivity contribution < 1.29 is 9.90 Å². The van der Waals surface area contributed by atoms with E-state index in [9.17, 15) is 9.90 Å². The summed E-state index contributed by atoms with van der Waals surface area (Å²) in [5, 5.41) is 19.7. The van der Waals surface area contributed by atoms with Crippen LogP contribution >= 0.6 is 0 Å². The van der Waals surface area contributed by atoms with Crippen LogP contribution in [0.2, 0.25) is 0 Å². The van der Waals surface area contributed by atoms with Crippen molar-refractivity contribution in [1.29, 1.82) is 0 Å². The van der Waals surface area contributed by atoms with Crippen LogP contribution in [0, 0.1) is 6.92 Å². The van der Waals surface area contributed by atoms with E-state index >= 15 is 0 Å². The third-order valence-corrected chi connectivity index (χ3v) is 4.50. The fourth-order valence-corrected chi connectivity index (χ4v) is 3.09. The second-order valence-electron chi connectivity index (χ2n) is 6.29. The molecule has 4 heterocycles. The lowest BCUT2D eigenvalue weighted by Gasteiger charge is -2.08. The minimum Gasteiger partial charge on any atom is -0.504 e. The number of aromatic hydroxyl groups is 1. The first-order chi connectivity index (χ1) is 13.4. The van der Waals surface area contributed by atoms with Crippen molar-refractivity contribution >= 4 is 16.8 Å². The lowest BCUT2D eigenvalue weighted by Crippen LogP contribution is -2.14. The lowest BCUT2D eigenvalue weighted by atomic mass is 10.1. The summed E-state index contributed by atoms with van der Waals surface area (Å²) in [6, 6.07) is 3.28. The highest BCUT2D eigenvalue weighted by molar-refractivity contribution is 5.99. The molecule has 0 fully saturated rings. The van der Waals surface area contributed by atoms with Crippen LogP contribution in [0.15, 0.2) is 24.5 Å². The van der Waals surface area contributed by atoms with Gasteiger partial charge in [0, 0.05) is 25.2 Å². The van der Waals surface area contributed by atoms with E-state index in [0.29, 0.717) is 40.7 Å². The predicted octanol–water partition coefficient (Wildman–Crippen LogP) is 1.42. The molecule has 0 aliphatic rings. The molecule has 0 unspecified atom stereocenters. The molecule has 0 aliphatic heterocycles. The first kappa shape index (κ1) is 17.6. The molecule has 1 amide bonds. The fraction of sp³-hybridized carbons (Fsp3) is 0.222. The summed E-state index contributed by atoms with van der Waals surface area (Å²) >= 11 is 0. The number of rotatable bonds is 4. The Bertz CT molecular complexity index is 1220. The monoisotopic (exact) mass is 378 g/mol. The first-order valence-corrected chi connectivity index (χ1v) is 8.63. The van der Waals surface area contributed by atoms with Crippen LogP contribution in [0.1, 0.15) is 23.1 Å². The zero-order valence-electron chi connectivity index (χ0n) is 15.6. The zero-order chi connectivity index (χ0) is 20.0. The zero-order valence-corrected chi connectivity index (χ0v) is 15.6. The number of hydrogen-bond donors (Lipinski definition) is 2. The molecule has 0 spiro atoms. The smallest absolute Gasteiger partial charge is 0.267 e. The normalized spacial score (nSPS) is 11.2. The van der Waals surface area contributed by atoms with Crippen molar-refractivity contribution in [3.05, 3.63) is 35.9 Å². The van der Waals surface area contributed by atoms with Gasteiger partial charge in [-0.2, -0.15) is 10.2 Å². The second-order valence-corrected chi connectivity index (χ2v) is 6.29. The van der Waals surface area contributed by atoms with Crippen LogP contribution < -0.4 is 5.73 Å². The highest BCUT2D eigenvalue weighted by atomic mass is 16.3. The molecule has 142 valence electrons. The highest BCUT2D eigenvalue weighted by Crippen LogP contribution is 2.32. The topological polar surface area (TPSA) is 138 Å². The van der Waals surface area contributed by atoms with E-state index < -0.39 is 5.91 Å². The SMILES string of the molecule is CCn1nc(C)c(O)c1-c1nccc(-c2nc(C(N)=O)cc3c2cnn3C)n1. The maximum absolute atomic E-state index is 11.7. The molecular weight excluding hydrogens is 360 g/mol. The Kier molecular flexibility index (Phi) is 4.03. The number of nitrogens with two attached hydrogens (primary N) is 1. The van der Waals surface area contributed by atoms with Gasteiger partial charge in [0.2, 0.25) is 0 Å². The quantitative estimate of drug-likeness (QED) is 0.548. The predicted molar refractivity (Wildman–Crippen MR) is 101 cm³/mol. The molecule has 0 bridgehead atoms. The van der Waals surface area contributed by atoms with Gasteiger partial charge >= 0.3 is 0 Å². The molecule has 0 saturated heterocycles. The first-order valence-electron chi connectivity index (χ1n) is 8.63. The average molecular weight is 378 g/mol. The molecule has 10 nitrogen and oxygen atoms in total. The van der Waals surface area contributed by atoms with Gasteiger partial charge in [0.05, 0.1) is 17.4 Å². The molecule has 0 saturated carbocycles. The Balaban J connectivity index is 1.95. The van der Waals surface area contributed by atoms with E-state index in [4.69, 9.17) is 5.73 Å². The number of hydrogen-bond acceptors (Lipinski definition) is 7. The summed E-state index contributed by atoms with van der Waals surface area (Å²) in [6.45, 7) is 4.18. The van der Waals surface area contributed by atoms with Crippen LogP contribution in [-0.4, -0.2) is 45.5 Å². The van der Waals surface area contributed by atoms with Crippen molar-refractivity contribution in [3.63, 3.8) is 0 Å². The van der Waals surface area contributed by atoms with Gasteiger partial charge in [-0.25, -0.2) is 15.0 Å². The highest BCUT2D eigenvalue weighted by Gasteiger charge is 2.20. The van der Waals surface area contributed by atoms with Crippen LogP contribution in [0.3, 0.4) is 0 Å². The number of aryl methyl sites for hydroxylation is 3. The maximum atomic E-state index is 11.7. The van der Waals surface area contributed by atoms with Crippen molar-refractivity contribution in [2.45, 2.75) is 20.4 Å². The number of nitrogens with zero attached hydrogens (tertiary/aromatic N) is 7. The maximum Gasteiger partial charge on any atom is 0.267 e. The Morgan fingerprint density at radius 2 is 2.11 bits per heavy atom. The summed E-state index contributed by atoms with van der Waals surface area (Å²) in [5.41, 5.74) is 8.12. The van der Waals surface area contributed by atoms with Gasteiger partial charge in [0.15, 0.2) is 11.6 Å². The van der Waals surface area contributed by atoms with Gasteiger partial charge in [0.1, 0.15) is 22.8 Å². The number of primary amides is 1. The molecular formula is C18H18N8O2. The number of pyridine rings is 1. The molecule has 10 heteroatoms. The van der Waals surface area contributed by atoms with Gasteiger partial charge in [-0.15, -0.1) is 0 Å². The second kappa shape index (κ2) is 6.41. The average Bonchev–Trinajstić information content (AvgIpc) is 3.21. The van der Waals surface area contributed by atoms with Gasteiger partial charge in [-0.1, -0.05) is 0 Å². The van der Waals surface area contributed by atoms with Crippen molar-refractivity contribution in [3.8, 4) is 28.7 Å². The van der Waals surface area contributed by atoms with Crippen molar-refractivity contribution in [2.24, 2.45) is 12.8 Å². The third kappa shape index (κ3) is 2.66. The Morgan fingerprint density at radius 1 is 1.32 bits per heavy atom. The molecule has 28 heavy (non-hydrogen) atoms. The Morgan fingerprint density at radius 3 is 2.82 bits per heavy atom. The van der Waals surface area contributed by atoms with Gasteiger partial charge < -0.3 is 10.8 Å². The van der Waals surface area contributed by atoms with Crippen molar-refractivity contribution in [2.75, 3.05) is 0 Å². The summed E-state index contributed by atoms with van der Waals surface area (Å²) in [4.78, 5) is 25.0. The standard InChI is InChI=1S/C18H18N8O2/c1-4-26-15(16(27)9(2)24-26)18-20-6-5-11(23-18)14-10-8-21-25(3)13(10)7-12(22-14)17(19)28/h5-8,27H,4H2,1-3H3,(H2,19,28). The molecule has 0 aliphatic carbocycles. The van der Waals surface area contributed by atoms with Crippen molar-refractivity contribution in [1.82, 2.24) is 34.5 Å². The number of aromatic nitrogens is 7. The molecule has 4 rings (SSSR count). The van der Waals surface area contributed by atoms with E-state index in [1.807, 2.05) is 6.92 Å².